The van der Waals surface area contributed by atoms with Crippen molar-refractivity contribution in [1.29, 1.82) is 0 Å². The average Bonchev–Trinajstić information content (AvgIpc) is 3.71. The fourth-order valence-corrected chi connectivity index (χ4v) is 12.8. The second kappa shape index (κ2) is 13.4. The topological polar surface area (TPSA) is 82.1 Å². The predicted molar refractivity (Wildman–Crippen MR) is 206 cm³/mol. The number of aliphatic hydroxyl groups excluding tert-OH is 1. The first kappa shape index (κ1) is 36.3. The third-order valence-electron chi connectivity index (χ3n) is 14.4. The van der Waals surface area contributed by atoms with E-state index in [1.807, 2.05) is 123 Å². The van der Waals surface area contributed by atoms with E-state index >= 15 is 9.18 Å². The molecule has 3 aromatic carbocycles. The van der Waals surface area contributed by atoms with Crippen molar-refractivity contribution < 1.29 is 33.3 Å². The van der Waals surface area contributed by atoms with Crippen LogP contribution in [0.25, 0.3) is 0 Å². The Morgan fingerprint density at radius 1 is 0.926 bits per heavy atom. The maximum absolute atomic E-state index is 18.2. The summed E-state index contributed by atoms with van der Waals surface area (Å²) in [6.45, 7) is 3.56. The SMILES string of the molecule is C[C@]12C=CC(=O)CC1=CC[C@H]1[C@@H]3C[C@H]4O[C@@H](C5CCSCC5)O[C@@]4(C(=O)COC(c4ccccc4)(c4ccccc4)c4ccccc4)[C@@]3(C)C[C@H](O)[C@@]12F. The lowest BCUT2D eigenvalue weighted by atomic mass is 9.45. The molecule has 2 saturated carbocycles. The number of carbonyl (C=O) groups is 2. The zero-order valence-electron chi connectivity index (χ0n) is 31.0. The number of Topliss-reactive ketones (excluding diaryl/α,β-unsaturated/α-hetero) is 1. The van der Waals surface area contributed by atoms with Crippen LogP contribution in [-0.4, -0.2) is 64.6 Å². The Bertz CT molecular complexity index is 1870. The van der Waals surface area contributed by atoms with Crippen LogP contribution in [0.5, 0.6) is 0 Å². The van der Waals surface area contributed by atoms with E-state index in [2.05, 4.69) is 0 Å². The first-order valence-electron chi connectivity index (χ1n) is 19.6. The van der Waals surface area contributed by atoms with E-state index in [0.29, 0.717) is 12.8 Å². The van der Waals surface area contributed by atoms with Crippen LogP contribution >= 0.6 is 11.8 Å². The molecule has 9 atom stereocenters. The van der Waals surface area contributed by atoms with Gasteiger partial charge in [0.25, 0.3) is 0 Å². The summed E-state index contributed by atoms with van der Waals surface area (Å²) in [6, 6.07) is 30.0. The summed E-state index contributed by atoms with van der Waals surface area (Å²) < 4.78 is 39.4. The van der Waals surface area contributed by atoms with E-state index in [0.717, 1.165) is 46.6 Å². The molecule has 6 nitrogen and oxygen atoms in total. The lowest BCUT2D eigenvalue weighted by Gasteiger charge is -2.62. The zero-order chi connectivity index (χ0) is 37.3. The number of benzene rings is 3. The molecule has 2 aliphatic heterocycles. The quantitative estimate of drug-likeness (QED) is 0.184. The summed E-state index contributed by atoms with van der Waals surface area (Å²) in [6.07, 6.45) is 5.42. The first-order valence-corrected chi connectivity index (χ1v) is 20.8. The van der Waals surface area contributed by atoms with Crippen LogP contribution in [0.3, 0.4) is 0 Å². The van der Waals surface area contributed by atoms with Crippen molar-refractivity contribution in [3.8, 4) is 0 Å². The number of hydrogen-bond donors (Lipinski definition) is 1. The Kier molecular flexibility index (Phi) is 8.98. The molecular weight excluding hydrogens is 700 g/mol. The van der Waals surface area contributed by atoms with E-state index in [-0.39, 0.29) is 42.9 Å². The predicted octanol–water partition coefficient (Wildman–Crippen LogP) is 8.17. The molecule has 0 amide bonds. The van der Waals surface area contributed by atoms with Gasteiger partial charge in [0, 0.05) is 29.1 Å². The van der Waals surface area contributed by atoms with Crippen LogP contribution in [0.2, 0.25) is 0 Å². The second-order valence-electron chi connectivity index (χ2n) is 16.8. The van der Waals surface area contributed by atoms with Gasteiger partial charge in [0.1, 0.15) is 12.2 Å². The van der Waals surface area contributed by atoms with Crippen LogP contribution in [-0.2, 0) is 29.4 Å². The van der Waals surface area contributed by atoms with Gasteiger partial charge in [-0.15, -0.1) is 0 Å². The lowest BCUT2D eigenvalue weighted by molar-refractivity contribution is -0.232. The van der Waals surface area contributed by atoms with Crippen molar-refractivity contribution in [2.45, 2.75) is 87.7 Å². The number of alkyl halides is 1. The maximum Gasteiger partial charge on any atom is 0.193 e. The van der Waals surface area contributed by atoms with Gasteiger partial charge in [-0.3, -0.25) is 9.59 Å². The highest BCUT2D eigenvalue weighted by molar-refractivity contribution is 7.99. The Hall–Kier alpha value is -3.40. The largest absolute Gasteiger partial charge is 0.390 e. The van der Waals surface area contributed by atoms with Crippen molar-refractivity contribution in [3.05, 3.63) is 131 Å². The van der Waals surface area contributed by atoms with Gasteiger partial charge in [-0.25, -0.2) is 4.39 Å². The Morgan fingerprint density at radius 2 is 1.52 bits per heavy atom. The lowest BCUT2D eigenvalue weighted by Crippen LogP contribution is -2.69. The van der Waals surface area contributed by atoms with Gasteiger partial charge in [-0.2, -0.15) is 11.8 Å². The molecule has 4 fully saturated rings. The van der Waals surface area contributed by atoms with E-state index in [1.165, 1.54) is 6.08 Å². The molecule has 2 heterocycles. The number of ether oxygens (including phenoxy) is 3. The van der Waals surface area contributed by atoms with Crippen LogP contribution in [0.4, 0.5) is 4.39 Å². The van der Waals surface area contributed by atoms with Crippen molar-refractivity contribution >= 4 is 23.3 Å². The third kappa shape index (κ3) is 5.05. The van der Waals surface area contributed by atoms with E-state index in [1.54, 1.807) is 6.08 Å². The number of aliphatic hydroxyl groups is 1. The molecule has 0 bridgehead atoms. The molecule has 8 heteroatoms. The average molecular weight is 749 g/mol. The number of hydrogen-bond acceptors (Lipinski definition) is 7. The number of halogens is 1. The Balaban J connectivity index is 1.14. The second-order valence-corrected chi connectivity index (χ2v) is 18.0. The van der Waals surface area contributed by atoms with E-state index in [9.17, 15) is 9.90 Å². The van der Waals surface area contributed by atoms with Crippen LogP contribution in [0.15, 0.2) is 115 Å². The van der Waals surface area contributed by atoms with Crippen molar-refractivity contribution in [3.63, 3.8) is 0 Å². The molecule has 54 heavy (non-hydrogen) atoms. The summed E-state index contributed by atoms with van der Waals surface area (Å²) in [7, 11) is 0. The minimum absolute atomic E-state index is 0.0232. The number of ketones is 2. The van der Waals surface area contributed by atoms with Gasteiger partial charge in [-0.1, -0.05) is 116 Å². The van der Waals surface area contributed by atoms with Crippen LogP contribution < -0.4 is 0 Å². The van der Waals surface area contributed by atoms with E-state index in [4.69, 9.17) is 14.2 Å². The molecule has 0 unspecified atom stereocenters. The molecule has 3 aromatic rings. The Morgan fingerprint density at radius 3 is 2.11 bits per heavy atom. The molecule has 282 valence electrons. The molecule has 6 aliphatic rings. The van der Waals surface area contributed by atoms with Gasteiger partial charge >= 0.3 is 0 Å². The maximum atomic E-state index is 18.2. The fourth-order valence-electron chi connectivity index (χ4n) is 11.6. The standard InChI is InChI=1S/C46H49FO6S/c1-42-23-20-35(48)26-34(42)18-19-36-37-27-40-46(43(37,2)28-38(49)45(36,42)47,53-41(52-40)30-21-24-54-25-22-30)39(50)29-51-44(31-12-6-3-7-13-31,32-14-8-4-9-15-32)33-16-10-5-11-17-33/h3-18,20,23,30,36-38,40-41,49H,19,21-22,24-29H2,1-2H3/t36-,37-,38-,40+,41+,42-,43-,45-,46+/m0/s1. The molecule has 0 aromatic heterocycles. The minimum Gasteiger partial charge on any atom is -0.390 e. The smallest absolute Gasteiger partial charge is 0.193 e. The molecule has 0 radical (unpaired) electrons. The highest BCUT2D eigenvalue weighted by Gasteiger charge is 2.79. The molecule has 0 spiro atoms. The molecule has 2 saturated heterocycles. The highest BCUT2D eigenvalue weighted by atomic mass is 32.2. The van der Waals surface area contributed by atoms with Crippen molar-refractivity contribution in [1.82, 2.24) is 0 Å². The molecular formula is C46H49FO6S. The van der Waals surface area contributed by atoms with Crippen LogP contribution in [0, 0.1) is 28.6 Å². The van der Waals surface area contributed by atoms with Gasteiger partial charge in [0.05, 0.1) is 12.2 Å². The summed E-state index contributed by atoms with van der Waals surface area (Å²) >= 11 is 1.92. The van der Waals surface area contributed by atoms with Gasteiger partial charge in [0.15, 0.2) is 29.1 Å². The van der Waals surface area contributed by atoms with Gasteiger partial charge in [-0.05, 0) is 79.2 Å². The molecule has 4 aliphatic carbocycles. The van der Waals surface area contributed by atoms with Gasteiger partial charge < -0.3 is 19.3 Å². The molecule has 9 rings (SSSR count). The highest BCUT2D eigenvalue weighted by Crippen LogP contribution is 2.71. The number of carbonyl (C=O) groups excluding carboxylic acids is 2. The number of thioether (sulfide) groups is 1. The number of rotatable bonds is 8. The van der Waals surface area contributed by atoms with Crippen LogP contribution in [0.1, 0.15) is 69.1 Å². The van der Waals surface area contributed by atoms with E-state index < -0.39 is 52.1 Å². The summed E-state index contributed by atoms with van der Waals surface area (Å²) in [5.74, 6) is 0.919. The third-order valence-corrected chi connectivity index (χ3v) is 15.4. The molecule has 1 N–H and O–H groups in total. The Labute approximate surface area is 321 Å². The zero-order valence-corrected chi connectivity index (χ0v) is 31.8. The monoisotopic (exact) mass is 748 g/mol. The van der Waals surface area contributed by atoms with Crippen molar-refractivity contribution in [2.24, 2.45) is 28.6 Å². The summed E-state index contributed by atoms with van der Waals surface area (Å²) in [5.41, 5.74) is -3.33. The number of fused-ring (bicyclic) bond motifs is 7. The fraction of sp³-hybridized carbons (Fsp3) is 0.478. The summed E-state index contributed by atoms with van der Waals surface area (Å²) in [5, 5.41) is 12.2. The van der Waals surface area contributed by atoms with Crippen molar-refractivity contribution in [2.75, 3.05) is 18.1 Å². The number of allylic oxidation sites excluding steroid dienone is 4. The first-order chi connectivity index (χ1) is 26.1. The van der Waals surface area contributed by atoms with Gasteiger partial charge in [0.2, 0.25) is 0 Å². The summed E-state index contributed by atoms with van der Waals surface area (Å²) in [4.78, 5) is 28.0. The minimum atomic E-state index is -2.03. The normalized spacial score (nSPS) is 37.5.